The maximum absolute atomic E-state index is 12.4. The Morgan fingerprint density at radius 3 is 2.90 bits per heavy atom. The lowest BCUT2D eigenvalue weighted by Crippen LogP contribution is -2.26. The summed E-state index contributed by atoms with van der Waals surface area (Å²) < 4.78 is 8.09. The number of carbonyl (C=O) groups is 1. The van der Waals surface area contributed by atoms with Gasteiger partial charge in [0, 0.05) is 29.8 Å². The lowest BCUT2D eigenvalue weighted by Gasteiger charge is -2.27. The molecule has 0 bridgehead atoms. The summed E-state index contributed by atoms with van der Waals surface area (Å²) in [6.07, 6.45) is 4.43. The number of ether oxygens (including phenoxy) is 1. The predicted octanol–water partition coefficient (Wildman–Crippen LogP) is 3.98. The van der Waals surface area contributed by atoms with Gasteiger partial charge >= 0.3 is 0 Å². The molecule has 7 heteroatoms. The second-order valence-corrected chi connectivity index (χ2v) is 7.69. The summed E-state index contributed by atoms with van der Waals surface area (Å²) in [5.41, 5.74) is 6.22. The Morgan fingerprint density at radius 1 is 1.21 bits per heavy atom. The van der Waals surface area contributed by atoms with E-state index in [4.69, 9.17) is 4.74 Å². The van der Waals surface area contributed by atoms with Gasteiger partial charge in [-0.1, -0.05) is 42.5 Å². The number of carbonyl (C=O) groups excluding carboxylic acids is 1. The Hall–Kier alpha value is -3.45. The van der Waals surface area contributed by atoms with Crippen molar-refractivity contribution in [2.45, 2.75) is 18.9 Å². The van der Waals surface area contributed by atoms with E-state index in [0.717, 1.165) is 33.2 Å². The van der Waals surface area contributed by atoms with Gasteiger partial charge in [0.25, 0.3) is 0 Å². The van der Waals surface area contributed by atoms with E-state index < -0.39 is 0 Å². The van der Waals surface area contributed by atoms with E-state index in [1.165, 1.54) is 0 Å². The zero-order chi connectivity index (χ0) is 19.6. The largest absolute Gasteiger partial charge is 0.485 e. The Bertz CT molecular complexity index is 1170. The van der Waals surface area contributed by atoms with Crippen LogP contribution in [-0.2, 0) is 11.2 Å². The molecule has 0 saturated heterocycles. The number of nitrogens with zero attached hydrogens (tertiary/aromatic N) is 3. The Labute approximate surface area is 171 Å². The van der Waals surface area contributed by atoms with E-state index in [9.17, 15) is 4.79 Å². The molecule has 2 aromatic heterocycles. The zero-order valence-electron chi connectivity index (χ0n) is 15.5. The lowest BCUT2D eigenvalue weighted by atomic mass is 9.96. The summed E-state index contributed by atoms with van der Waals surface area (Å²) in [5, 5.41) is 6.41. The molecular formula is C22H18N4O2S. The molecule has 29 heavy (non-hydrogen) atoms. The smallest absolute Gasteiger partial charge is 0.246 e. The van der Waals surface area contributed by atoms with Gasteiger partial charge in [-0.15, -0.1) is 11.3 Å². The third-order valence-corrected chi connectivity index (χ3v) is 5.59. The number of fused-ring (bicyclic) bond motifs is 2. The summed E-state index contributed by atoms with van der Waals surface area (Å²) >= 11 is 1.54. The molecule has 0 saturated carbocycles. The van der Waals surface area contributed by atoms with Crippen molar-refractivity contribution in [2.24, 2.45) is 5.10 Å². The van der Waals surface area contributed by atoms with Crippen molar-refractivity contribution >= 4 is 27.9 Å². The van der Waals surface area contributed by atoms with Crippen LogP contribution in [0.25, 0.3) is 4.96 Å². The Balaban J connectivity index is 1.35. The van der Waals surface area contributed by atoms with Crippen LogP contribution in [0.4, 0.5) is 0 Å². The SMILES string of the molecule is O=C(Cc1cn2ccsc2n1)N/N=C1\C[C@@H](c2ccccc2)Oc2ccccc21. The average Bonchev–Trinajstić information content (AvgIpc) is 3.34. The first-order valence-electron chi connectivity index (χ1n) is 9.34. The number of hydrogen-bond donors (Lipinski definition) is 1. The number of thiazole rings is 1. The standard InChI is InChI=1S/C22H18N4O2S/c27-21(12-16-14-26-10-11-29-22(26)23-16)25-24-18-13-20(15-6-2-1-3-7-15)28-19-9-5-4-8-17(18)19/h1-11,14,20H,12-13H2,(H,25,27)/b24-18+/t20-/m0/s1. The fourth-order valence-corrected chi connectivity index (χ4v) is 4.16. The third kappa shape index (κ3) is 3.64. The van der Waals surface area contributed by atoms with Crippen LogP contribution < -0.4 is 10.2 Å². The zero-order valence-corrected chi connectivity index (χ0v) is 16.3. The number of nitrogens with one attached hydrogen (secondary N) is 1. The molecule has 0 radical (unpaired) electrons. The molecular weight excluding hydrogens is 384 g/mol. The van der Waals surface area contributed by atoms with E-state index in [2.05, 4.69) is 15.5 Å². The average molecular weight is 402 g/mol. The highest BCUT2D eigenvalue weighted by molar-refractivity contribution is 7.15. The molecule has 0 spiro atoms. The predicted molar refractivity (Wildman–Crippen MR) is 112 cm³/mol. The highest BCUT2D eigenvalue weighted by Crippen LogP contribution is 2.34. The lowest BCUT2D eigenvalue weighted by molar-refractivity contribution is -0.120. The van der Waals surface area contributed by atoms with Crippen LogP contribution in [0.15, 0.2) is 77.5 Å². The highest BCUT2D eigenvalue weighted by atomic mass is 32.1. The first-order valence-corrected chi connectivity index (χ1v) is 10.2. The minimum absolute atomic E-state index is 0.137. The molecule has 0 unspecified atom stereocenters. The number of aromatic nitrogens is 2. The highest BCUT2D eigenvalue weighted by Gasteiger charge is 2.26. The van der Waals surface area contributed by atoms with Gasteiger partial charge in [0.1, 0.15) is 11.9 Å². The van der Waals surface area contributed by atoms with E-state index in [0.29, 0.717) is 6.42 Å². The number of para-hydroxylation sites is 1. The maximum atomic E-state index is 12.4. The molecule has 2 aromatic carbocycles. The van der Waals surface area contributed by atoms with Gasteiger partial charge in [-0.2, -0.15) is 5.10 Å². The van der Waals surface area contributed by atoms with Crippen LogP contribution in [0.1, 0.15) is 29.3 Å². The number of amides is 1. The van der Waals surface area contributed by atoms with Crippen LogP contribution >= 0.6 is 11.3 Å². The molecule has 3 heterocycles. The van der Waals surface area contributed by atoms with Crippen molar-refractivity contribution in [2.75, 3.05) is 0 Å². The molecule has 6 nitrogen and oxygen atoms in total. The van der Waals surface area contributed by atoms with Gasteiger partial charge < -0.3 is 4.74 Å². The summed E-state index contributed by atoms with van der Waals surface area (Å²) in [4.78, 5) is 17.7. The van der Waals surface area contributed by atoms with Crippen molar-refractivity contribution in [3.05, 3.63) is 89.2 Å². The van der Waals surface area contributed by atoms with Crippen LogP contribution in [0.5, 0.6) is 5.75 Å². The van der Waals surface area contributed by atoms with Crippen LogP contribution in [0.2, 0.25) is 0 Å². The fourth-order valence-electron chi connectivity index (χ4n) is 3.44. The molecule has 0 aliphatic carbocycles. The molecule has 144 valence electrons. The number of hydrogen-bond acceptors (Lipinski definition) is 5. The number of rotatable bonds is 4. The monoisotopic (exact) mass is 402 g/mol. The van der Waals surface area contributed by atoms with Gasteiger partial charge in [0.15, 0.2) is 4.96 Å². The fraction of sp³-hybridized carbons (Fsp3) is 0.136. The van der Waals surface area contributed by atoms with Crippen LogP contribution in [0, 0.1) is 0 Å². The minimum Gasteiger partial charge on any atom is -0.485 e. The molecule has 5 rings (SSSR count). The molecule has 1 amide bonds. The van der Waals surface area contributed by atoms with E-state index in [1.54, 1.807) is 11.3 Å². The van der Waals surface area contributed by atoms with Gasteiger partial charge in [-0.3, -0.25) is 9.20 Å². The first-order chi connectivity index (χ1) is 14.3. The van der Waals surface area contributed by atoms with Crippen molar-refractivity contribution in [3.8, 4) is 5.75 Å². The number of benzene rings is 2. The van der Waals surface area contributed by atoms with E-state index in [1.807, 2.05) is 76.8 Å². The van der Waals surface area contributed by atoms with Gasteiger partial charge in [0.2, 0.25) is 5.91 Å². The normalized spacial score (nSPS) is 17.1. The maximum Gasteiger partial charge on any atom is 0.246 e. The Morgan fingerprint density at radius 2 is 2.03 bits per heavy atom. The van der Waals surface area contributed by atoms with Gasteiger partial charge in [-0.05, 0) is 17.7 Å². The minimum atomic E-state index is -0.191. The number of hydrazone groups is 1. The molecule has 1 aliphatic heterocycles. The Kier molecular flexibility index (Phi) is 4.57. The number of imidazole rings is 1. The third-order valence-electron chi connectivity index (χ3n) is 4.82. The quantitative estimate of drug-likeness (QED) is 0.525. The molecule has 1 atom stereocenters. The van der Waals surface area contributed by atoms with Crippen LogP contribution in [-0.4, -0.2) is 21.0 Å². The molecule has 1 N–H and O–H groups in total. The topological polar surface area (TPSA) is 68.0 Å². The molecule has 1 aliphatic rings. The molecule has 0 fully saturated rings. The van der Waals surface area contributed by atoms with E-state index >= 15 is 0 Å². The van der Waals surface area contributed by atoms with Gasteiger partial charge in [-0.25, -0.2) is 10.4 Å². The van der Waals surface area contributed by atoms with Crippen molar-refractivity contribution in [1.82, 2.24) is 14.8 Å². The van der Waals surface area contributed by atoms with E-state index in [-0.39, 0.29) is 18.4 Å². The van der Waals surface area contributed by atoms with Crippen molar-refractivity contribution < 1.29 is 9.53 Å². The summed E-state index contributed by atoms with van der Waals surface area (Å²) in [6, 6.07) is 17.8. The van der Waals surface area contributed by atoms with Crippen molar-refractivity contribution in [3.63, 3.8) is 0 Å². The first kappa shape index (κ1) is 17.6. The second kappa shape index (κ2) is 7.52. The molecule has 4 aromatic rings. The van der Waals surface area contributed by atoms with Crippen molar-refractivity contribution in [1.29, 1.82) is 0 Å². The van der Waals surface area contributed by atoms with Gasteiger partial charge in [0.05, 0.1) is 17.8 Å². The summed E-state index contributed by atoms with van der Waals surface area (Å²) in [6.45, 7) is 0. The summed E-state index contributed by atoms with van der Waals surface area (Å²) in [7, 11) is 0. The summed E-state index contributed by atoms with van der Waals surface area (Å²) in [5.74, 6) is 0.582. The second-order valence-electron chi connectivity index (χ2n) is 6.81. The van der Waals surface area contributed by atoms with Crippen LogP contribution in [0.3, 0.4) is 0 Å².